The standard InChI is InChI=1S/C17H19N5O2.C2HF3O2/c23-17-14-16(18-11-19-17)21-15(20-14)12-3-5-13(6-4-12)24-10-9-22-7-1-2-8-22;3-2(4,5)1(6)7/h3-6,11H,1-2,7-10H2,(H2,18,19,20,21,23);(H,6,7). The van der Waals surface area contributed by atoms with Crippen LogP contribution in [0.4, 0.5) is 13.2 Å². The number of carbonyl (C=O) groups is 1. The Hall–Kier alpha value is -3.41. The minimum Gasteiger partial charge on any atom is -0.492 e. The molecule has 0 atom stereocenters. The van der Waals surface area contributed by atoms with Crippen LogP contribution in [-0.4, -0.2) is 68.3 Å². The summed E-state index contributed by atoms with van der Waals surface area (Å²) in [5.41, 5.74) is 1.47. The third-order valence-corrected chi connectivity index (χ3v) is 4.54. The van der Waals surface area contributed by atoms with Crippen molar-refractivity contribution in [2.75, 3.05) is 26.2 Å². The topological polar surface area (TPSA) is 124 Å². The van der Waals surface area contributed by atoms with Crippen molar-refractivity contribution in [1.29, 1.82) is 0 Å². The van der Waals surface area contributed by atoms with Crippen LogP contribution in [0.15, 0.2) is 35.4 Å². The molecule has 0 radical (unpaired) electrons. The molecule has 0 spiro atoms. The highest BCUT2D eigenvalue weighted by Crippen LogP contribution is 2.21. The van der Waals surface area contributed by atoms with Crippen molar-refractivity contribution in [3.63, 3.8) is 0 Å². The summed E-state index contributed by atoms with van der Waals surface area (Å²) in [5.74, 6) is -1.30. The number of alkyl halides is 3. The summed E-state index contributed by atoms with van der Waals surface area (Å²) < 4.78 is 37.5. The first-order valence-corrected chi connectivity index (χ1v) is 9.43. The Morgan fingerprint density at radius 3 is 2.42 bits per heavy atom. The summed E-state index contributed by atoms with van der Waals surface area (Å²) in [6, 6.07) is 7.70. The van der Waals surface area contributed by atoms with E-state index in [2.05, 4.69) is 24.8 Å². The smallest absolute Gasteiger partial charge is 0.490 e. The molecule has 1 aliphatic rings. The predicted octanol–water partition coefficient (Wildman–Crippen LogP) is 2.42. The first-order valence-electron chi connectivity index (χ1n) is 9.43. The lowest BCUT2D eigenvalue weighted by atomic mass is 10.2. The Balaban J connectivity index is 0.000000339. The molecule has 9 nitrogen and oxygen atoms in total. The Labute approximate surface area is 173 Å². The Morgan fingerprint density at radius 2 is 1.84 bits per heavy atom. The number of nitrogens with one attached hydrogen (secondary N) is 2. The zero-order valence-electron chi connectivity index (χ0n) is 16.3. The van der Waals surface area contributed by atoms with Crippen molar-refractivity contribution in [3.8, 4) is 17.1 Å². The third-order valence-electron chi connectivity index (χ3n) is 4.54. The number of aliphatic carboxylic acids is 1. The highest BCUT2D eigenvalue weighted by atomic mass is 19.4. The molecule has 4 rings (SSSR count). The fourth-order valence-corrected chi connectivity index (χ4v) is 2.98. The van der Waals surface area contributed by atoms with Gasteiger partial charge in [-0.05, 0) is 50.2 Å². The van der Waals surface area contributed by atoms with Gasteiger partial charge in [0.05, 0.1) is 6.33 Å². The second-order valence-corrected chi connectivity index (χ2v) is 6.74. The van der Waals surface area contributed by atoms with Gasteiger partial charge in [0.2, 0.25) is 0 Å². The lowest BCUT2D eigenvalue weighted by Crippen LogP contribution is -2.25. The van der Waals surface area contributed by atoms with E-state index in [-0.39, 0.29) is 5.56 Å². The van der Waals surface area contributed by atoms with E-state index in [0.29, 0.717) is 23.6 Å². The Kier molecular flexibility index (Phi) is 6.90. The lowest BCUT2D eigenvalue weighted by molar-refractivity contribution is -0.192. The minimum atomic E-state index is -5.08. The number of ether oxygens (including phenoxy) is 1. The summed E-state index contributed by atoms with van der Waals surface area (Å²) in [5, 5.41) is 7.12. The average Bonchev–Trinajstić information content (AvgIpc) is 3.39. The maximum atomic E-state index is 11.7. The van der Waals surface area contributed by atoms with Crippen LogP contribution < -0.4 is 10.3 Å². The van der Waals surface area contributed by atoms with Gasteiger partial charge in [0.25, 0.3) is 5.56 Å². The maximum absolute atomic E-state index is 11.7. The zero-order chi connectivity index (χ0) is 22.4. The van der Waals surface area contributed by atoms with Crippen LogP contribution in [0.3, 0.4) is 0 Å². The van der Waals surface area contributed by atoms with E-state index in [4.69, 9.17) is 14.6 Å². The molecule has 3 heterocycles. The van der Waals surface area contributed by atoms with E-state index in [1.807, 2.05) is 24.3 Å². The largest absolute Gasteiger partial charge is 0.492 e. The molecule has 166 valence electrons. The molecular weight excluding hydrogens is 419 g/mol. The quantitative estimate of drug-likeness (QED) is 0.558. The third kappa shape index (κ3) is 6.04. The van der Waals surface area contributed by atoms with E-state index in [1.54, 1.807) is 0 Å². The van der Waals surface area contributed by atoms with Crippen molar-refractivity contribution < 1.29 is 27.8 Å². The summed E-state index contributed by atoms with van der Waals surface area (Å²) in [4.78, 5) is 37.0. The van der Waals surface area contributed by atoms with Gasteiger partial charge in [-0.25, -0.2) is 14.8 Å². The molecule has 31 heavy (non-hydrogen) atoms. The van der Waals surface area contributed by atoms with Crippen molar-refractivity contribution in [2.45, 2.75) is 19.0 Å². The monoisotopic (exact) mass is 439 g/mol. The normalized spacial score (nSPS) is 14.3. The van der Waals surface area contributed by atoms with Gasteiger partial charge in [-0.15, -0.1) is 0 Å². The number of rotatable bonds is 5. The van der Waals surface area contributed by atoms with Crippen LogP contribution in [0.5, 0.6) is 5.75 Å². The highest BCUT2D eigenvalue weighted by Gasteiger charge is 2.38. The molecule has 3 aromatic rings. The van der Waals surface area contributed by atoms with Crippen molar-refractivity contribution in [2.24, 2.45) is 0 Å². The number of carboxylic acid groups (broad SMARTS) is 1. The molecule has 12 heteroatoms. The number of nitrogens with zero attached hydrogens (tertiary/aromatic N) is 3. The molecule has 0 unspecified atom stereocenters. The van der Waals surface area contributed by atoms with Gasteiger partial charge in [-0.2, -0.15) is 13.2 Å². The van der Waals surface area contributed by atoms with E-state index in [0.717, 1.165) is 17.9 Å². The fourth-order valence-electron chi connectivity index (χ4n) is 2.98. The number of hydrogen-bond donors (Lipinski definition) is 3. The summed E-state index contributed by atoms with van der Waals surface area (Å²) in [6.07, 6.45) is -1.14. The highest BCUT2D eigenvalue weighted by molar-refractivity contribution is 5.74. The minimum absolute atomic E-state index is 0.222. The fraction of sp³-hybridized carbons (Fsp3) is 0.368. The van der Waals surface area contributed by atoms with Crippen LogP contribution in [-0.2, 0) is 4.79 Å². The van der Waals surface area contributed by atoms with Gasteiger partial charge in [0.1, 0.15) is 18.2 Å². The molecule has 0 bridgehead atoms. The van der Waals surface area contributed by atoms with Gasteiger partial charge in [-0.1, -0.05) is 0 Å². The number of halogens is 3. The van der Waals surface area contributed by atoms with E-state index in [9.17, 15) is 18.0 Å². The number of H-pyrrole nitrogens is 2. The van der Waals surface area contributed by atoms with Crippen LogP contribution >= 0.6 is 0 Å². The van der Waals surface area contributed by atoms with Gasteiger partial charge < -0.3 is 19.8 Å². The van der Waals surface area contributed by atoms with Gasteiger partial charge in [0.15, 0.2) is 11.2 Å². The van der Waals surface area contributed by atoms with Crippen molar-refractivity contribution in [3.05, 3.63) is 40.9 Å². The number of imidazole rings is 1. The summed E-state index contributed by atoms with van der Waals surface area (Å²) in [6.45, 7) is 4.03. The molecule has 0 saturated carbocycles. The molecule has 1 aromatic carbocycles. The van der Waals surface area contributed by atoms with Crippen LogP contribution in [0, 0.1) is 0 Å². The number of aromatic nitrogens is 4. The Bertz CT molecular complexity index is 1070. The number of likely N-dealkylation sites (tertiary alicyclic amines) is 1. The maximum Gasteiger partial charge on any atom is 0.490 e. The zero-order valence-corrected chi connectivity index (χ0v) is 16.3. The van der Waals surface area contributed by atoms with Crippen LogP contribution in [0.1, 0.15) is 12.8 Å². The van der Waals surface area contributed by atoms with Crippen molar-refractivity contribution >= 4 is 17.1 Å². The molecule has 0 amide bonds. The average molecular weight is 439 g/mol. The number of fused-ring (bicyclic) bond motifs is 1. The van der Waals surface area contributed by atoms with Gasteiger partial charge in [-0.3, -0.25) is 9.69 Å². The van der Waals surface area contributed by atoms with E-state index < -0.39 is 12.1 Å². The number of hydrogen-bond acceptors (Lipinski definition) is 6. The molecular formula is C19H20F3N5O4. The first-order chi connectivity index (χ1) is 14.7. The molecule has 1 fully saturated rings. The lowest BCUT2D eigenvalue weighted by Gasteiger charge is -2.14. The predicted molar refractivity (Wildman–Crippen MR) is 105 cm³/mol. The van der Waals surface area contributed by atoms with E-state index in [1.165, 1.54) is 32.3 Å². The van der Waals surface area contributed by atoms with Gasteiger partial charge >= 0.3 is 12.1 Å². The van der Waals surface area contributed by atoms with Crippen molar-refractivity contribution in [1.82, 2.24) is 24.8 Å². The second kappa shape index (κ2) is 9.60. The van der Waals surface area contributed by atoms with E-state index >= 15 is 0 Å². The van der Waals surface area contributed by atoms with Gasteiger partial charge in [0, 0.05) is 12.1 Å². The Morgan fingerprint density at radius 1 is 1.19 bits per heavy atom. The molecule has 0 aliphatic carbocycles. The number of aromatic amines is 2. The first kappa shape index (κ1) is 22.3. The molecule has 2 aromatic heterocycles. The molecule has 1 saturated heterocycles. The number of benzene rings is 1. The molecule has 1 aliphatic heterocycles. The van der Waals surface area contributed by atoms with Crippen LogP contribution in [0.25, 0.3) is 22.6 Å². The summed E-state index contributed by atoms with van der Waals surface area (Å²) in [7, 11) is 0. The molecule has 3 N–H and O–H groups in total. The van der Waals surface area contributed by atoms with Crippen LogP contribution in [0.2, 0.25) is 0 Å². The summed E-state index contributed by atoms with van der Waals surface area (Å²) >= 11 is 0. The SMILES string of the molecule is O=C(O)C(F)(F)F.O=c1[nH]cnc2nc(-c3ccc(OCCN4CCCC4)cc3)[nH]c12. The number of carboxylic acids is 1. The second-order valence-electron chi connectivity index (χ2n) is 6.74.